The lowest BCUT2D eigenvalue weighted by molar-refractivity contribution is 0.122. The summed E-state index contributed by atoms with van der Waals surface area (Å²) in [5.41, 5.74) is 4.76. The van der Waals surface area contributed by atoms with Gasteiger partial charge in [0, 0.05) is 34.9 Å². The molecule has 2 aromatic heterocycles. The quantitative estimate of drug-likeness (QED) is 0.279. The second kappa shape index (κ2) is 9.17. The van der Waals surface area contributed by atoms with Crippen molar-refractivity contribution in [2.24, 2.45) is 0 Å². The van der Waals surface area contributed by atoms with Gasteiger partial charge < -0.3 is 19.0 Å². The molecule has 0 radical (unpaired) electrons. The predicted octanol–water partition coefficient (Wildman–Crippen LogP) is 6.74. The number of rotatable bonds is 4. The van der Waals surface area contributed by atoms with E-state index in [0.717, 1.165) is 40.9 Å². The third-order valence-electron chi connectivity index (χ3n) is 5.88. The number of halogens is 3. The zero-order valence-corrected chi connectivity index (χ0v) is 20.5. The van der Waals surface area contributed by atoms with Crippen molar-refractivity contribution in [3.8, 4) is 34.3 Å². The summed E-state index contributed by atoms with van der Waals surface area (Å²) in [6, 6.07) is 16.8. The smallest absolute Gasteiger partial charge is 0.248 e. The van der Waals surface area contributed by atoms with Crippen LogP contribution >= 0.6 is 34.8 Å². The van der Waals surface area contributed by atoms with Crippen molar-refractivity contribution < 1.29 is 9.15 Å². The maximum atomic E-state index is 6.67. The number of anilines is 1. The molecule has 0 spiro atoms. The van der Waals surface area contributed by atoms with Crippen LogP contribution in [0.15, 0.2) is 59.0 Å². The zero-order valence-electron chi connectivity index (χ0n) is 18.3. The van der Waals surface area contributed by atoms with E-state index < -0.39 is 0 Å². The first-order chi connectivity index (χ1) is 17.0. The average molecular weight is 527 g/mol. The Balaban J connectivity index is 1.32. The molecule has 0 amide bonds. The van der Waals surface area contributed by atoms with Crippen molar-refractivity contribution in [3.05, 3.63) is 69.7 Å². The Kier molecular flexibility index (Phi) is 5.86. The molecule has 176 valence electrons. The molecule has 0 atom stereocenters. The van der Waals surface area contributed by atoms with Crippen LogP contribution in [0.4, 0.5) is 5.69 Å². The minimum Gasteiger partial charge on any atom is -0.416 e. The van der Waals surface area contributed by atoms with Crippen LogP contribution in [0.3, 0.4) is 0 Å². The summed E-state index contributed by atoms with van der Waals surface area (Å²) in [7, 11) is 0. The van der Waals surface area contributed by atoms with Gasteiger partial charge in [-0.05, 0) is 54.6 Å². The van der Waals surface area contributed by atoms with E-state index >= 15 is 0 Å². The van der Waals surface area contributed by atoms with Gasteiger partial charge in [-0.3, -0.25) is 0 Å². The molecule has 0 unspecified atom stereocenters. The number of hydrogen-bond donors (Lipinski definition) is 1. The second-order valence-electron chi connectivity index (χ2n) is 8.12. The Hall–Kier alpha value is -3.10. The molecule has 0 aliphatic carbocycles. The van der Waals surface area contributed by atoms with Gasteiger partial charge in [0.1, 0.15) is 5.82 Å². The van der Waals surface area contributed by atoms with Gasteiger partial charge in [-0.1, -0.05) is 34.8 Å². The summed E-state index contributed by atoms with van der Waals surface area (Å²) in [6.45, 7) is 2.97. The van der Waals surface area contributed by atoms with E-state index in [2.05, 4.69) is 20.1 Å². The van der Waals surface area contributed by atoms with Crippen molar-refractivity contribution in [2.75, 3.05) is 31.2 Å². The minimum atomic E-state index is 0.402. The highest BCUT2D eigenvalue weighted by molar-refractivity contribution is 6.39. The number of imidazole rings is 1. The maximum absolute atomic E-state index is 6.67. The van der Waals surface area contributed by atoms with E-state index in [1.807, 2.05) is 42.5 Å². The zero-order chi connectivity index (χ0) is 23.9. The van der Waals surface area contributed by atoms with Gasteiger partial charge in [0.2, 0.25) is 11.8 Å². The standard InChI is InChI=1S/C25H18Cl3N5O2/c26-16-4-1-14(2-5-16)24-31-32-25(35-24)15-3-6-20-21(11-15)30-23(29-20)22-18(27)12-17(13-19(22)28)33-7-9-34-10-8-33/h1-6,11-13H,7-10H2,(H,29,30). The SMILES string of the molecule is Clc1ccc(-c2nnc(-c3ccc4nc(-c5c(Cl)cc(N6CCOCC6)cc5Cl)[nH]c4c3)o2)cc1. The molecule has 3 heterocycles. The number of nitrogens with zero attached hydrogens (tertiary/aromatic N) is 4. The molecule has 6 rings (SSSR count). The number of benzene rings is 3. The maximum Gasteiger partial charge on any atom is 0.248 e. The summed E-state index contributed by atoms with van der Waals surface area (Å²) in [4.78, 5) is 10.2. The first-order valence-electron chi connectivity index (χ1n) is 11.0. The lowest BCUT2D eigenvalue weighted by Gasteiger charge is -2.29. The first-order valence-corrected chi connectivity index (χ1v) is 12.1. The fourth-order valence-electron chi connectivity index (χ4n) is 4.10. The van der Waals surface area contributed by atoms with Crippen LogP contribution in [0.1, 0.15) is 0 Å². The molecule has 1 saturated heterocycles. The van der Waals surface area contributed by atoms with Crippen LogP contribution in [0, 0.1) is 0 Å². The monoisotopic (exact) mass is 525 g/mol. The molecule has 1 N–H and O–H groups in total. The van der Waals surface area contributed by atoms with Crippen molar-refractivity contribution in [1.29, 1.82) is 0 Å². The molecule has 5 aromatic rings. The lowest BCUT2D eigenvalue weighted by Crippen LogP contribution is -2.36. The summed E-state index contributed by atoms with van der Waals surface area (Å²) < 4.78 is 11.3. The molecule has 1 aliphatic heterocycles. The first kappa shape index (κ1) is 22.4. The molecule has 35 heavy (non-hydrogen) atoms. The van der Waals surface area contributed by atoms with E-state index in [1.54, 1.807) is 12.1 Å². The van der Waals surface area contributed by atoms with Gasteiger partial charge in [0.05, 0.1) is 39.9 Å². The third kappa shape index (κ3) is 4.36. The van der Waals surface area contributed by atoms with Crippen LogP contribution in [-0.2, 0) is 4.74 Å². The molecular weight excluding hydrogens is 509 g/mol. The normalized spacial score (nSPS) is 14.1. The molecule has 0 saturated carbocycles. The summed E-state index contributed by atoms with van der Waals surface area (Å²) in [5.74, 6) is 1.41. The van der Waals surface area contributed by atoms with Crippen molar-refractivity contribution in [2.45, 2.75) is 0 Å². The molecule has 1 aliphatic rings. The summed E-state index contributed by atoms with van der Waals surface area (Å²) in [5, 5.41) is 10.1. The van der Waals surface area contributed by atoms with Gasteiger partial charge in [-0.2, -0.15) is 0 Å². The number of fused-ring (bicyclic) bond motifs is 1. The van der Waals surface area contributed by atoms with E-state index in [0.29, 0.717) is 51.5 Å². The highest BCUT2D eigenvalue weighted by atomic mass is 35.5. The third-order valence-corrected chi connectivity index (χ3v) is 6.73. The Labute approximate surface area is 215 Å². The molecule has 0 bridgehead atoms. The van der Waals surface area contributed by atoms with E-state index in [9.17, 15) is 0 Å². The number of ether oxygens (including phenoxy) is 1. The van der Waals surface area contributed by atoms with Crippen LogP contribution in [-0.4, -0.2) is 46.5 Å². The van der Waals surface area contributed by atoms with E-state index in [-0.39, 0.29) is 0 Å². The number of H-pyrrole nitrogens is 1. The van der Waals surface area contributed by atoms with Gasteiger partial charge in [-0.15, -0.1) is 10.2 Å². The van der Waals surface area contributed by atoms with Gasteiger partial charge in [-0.25, -0.2) is 4.98 Å². The van der Waals surface area contributed by atoms with Crippen LogP contribution in [0.25, 0.3) is 45.3 Å². The van der Waals surface area contributed by atoms with Gasteiger partial charge >= 0.3 is 0 Å². The number of hydrogen-bond acceptors (Lipinski definition) is 6. The number of morpholine rings is 1. The number of nitrogens with one attached hydrogen (secondary N) is 1. The molecule has 3 aromatic carbocycles. The lowest BCUT2D eigenvalue weighted by atomic mass is 10.1. The molecular formula is C25H18Cl3N5O2. The van der Waals surface area contributed by atoms with Crippen LogP contribution in [0.5, 0.6) is 0 Å². The molecule has 1 fully saturated rings. The second-order valence-corrected chi connectivity index (χ2v) is 9.37. The van der Waals surface area contributed by atoms with Crippen LogP contribution < -0.4 is 4.90 Å². The number of aromatic amines is 1. The van der Waals surface area contributed by atoms with Gasteiger partial charge in [0.25, 0.3) is 0 Å². The predicted molar refractivity (Wildman–Crippen MR) is 138 cm³/mol. The fourth-order valence-corrected chi connectivity index (χ4v) is 4.88. The van der Waals surface area contributed by atoms with Crippen LogP contribution in [0.2, 0.25) is 15.1 Å². The highest BCUT2D eigenvalue weighted by Gasteiger charge is 2.19. The Morgan fingerprint density at radius 1 is 0.800 bits per heavy atom. The minimum absolute atomic E-state index is 0.402. The number of aromatic nitrogens is 4. The van der Waals surface area contributed by atoms with Gasteiger partial charge in [0.15, 0.2) is 0 Å². The fraction of sp³-hybridized carbons (Fsp3) is 0.160. The van der Waals surface area contributed by atoms with Crippen molar-refractivity contribution in [3.63, 3.8) is 0 Å². The Morgan fingerprint density at radius 3 is 2.17 bits per heavy atom. The molecule has 7 nitrogen and oxygen atoms in total. The van der Waals surface area contributed by atoms with E-state index in [1.165, 1.54) is 0 Å². The van der Waals surface area contributed by atoms with Crippen molar-refractivity contribution >= 4 is 51.5 Å². The highest BCUT2D eigenvalue weighted by Crippen LogP contribution is 2.38. The Bertz CT molecular complexity index is 1500. The summed E-state index contributed by atoms with van der Waals surface area (Å²) in [6.07, 6.45) is 0. The largest absolute Gasteiger partial charge is 0.416 e. The topological polar surface area (TPSA) is 80.1 Å². The van der Waals surface area contributed by atoms with Crippen molar-refractivity contribution in [1.82, 2.24) is 20.2 Å². The summed E-state index contributed by atoms with van der Waals surface area (Å²) >= 11 is 19.3. The Morgan fingerprint density at radius 2 is 1.46 bits per heavy atom. The van der Waals surface area contributed by atoms with E-state index in [4.69, 9.17) is 48.9 Å². The average Bonchev–Trinajstić information content (AvgIpc) is 3.52. The molecule has 10 heteroatoms.